The minimum absolute atomic E-state index is 0.186. The number of benzene rings is 2. The molecule has 4 heterocycles. The van der Waals surface area contributed by atoms with E-state index in [1.165, 1.54) is 21.7 Å². The van der Waals surface area contributed by atoms with Gasteiger partial charge in [0, 0.05) is 44.7 Å². The minimum atomic E-state index is -4.59. The summed E-state index contributed by atoms with van der Waals surface area (Å²) < 4.78 is 64.6. The second-order valence-electron chi connectivity index (χ2n) is 12.0. The predicted molar refractivity (Wildman–Crippen MR) is 163 cm³/mol. The largest absolute Gasteiger partial charge is 0.443 e. The first-order chi connectivity index (χ1) is 20.7. The summed E-state index contributed by atoms with van der Waals surface area (Å²) in [4.78, 5) is 23.6. The number of hydrogen-bond acceptors (Lipinski definition) is 6. The molecule has 0 saturated heterocycles. The number of hydrogen-bond donors (Lipinski definition) is 0. The van der Waals surface area contributed by atoms with Gasteiger partial charge in [-0.1, -0.05) is 31.8 Å². The van der Waals surface area contributed by atoms with E-state index >= 15 is 4.39 Å². The van der Waals surface area contributed by atoms with Crippen molar-refractivity contribution in [1.82, 2.24) is 24.3 Å². The van der Waals surface area contributed by atoms with E-state index in [1.807, 2.05) is 10.6 Å². The first-order valence-electron chi connectivity index (χ1n) is 14.0. The third-order valence-electron chi connectivity index (χ3n) is 7.66. The van der Waals surface area contributed by atoms with Crippen LogP contribution in [0.2, 0.25) is 25.7 Å². The number of fused-ring (bicyclic) bond motifs is 2. The van der Waals surface area contributed by atoms with Gasteiger partial charge in [0.15, 0.2) is 5.01 Å². The van der Waals surface area contributed by atoms with Gasteiger partial charge >= 0.3 is 6.18 Å². The molecular weight excluding hydrogens is 613 g/mol. The molecule has 1 amide bonds. The number of anilines is 1. The number of nitrogens with zero attached hydrogens (tertiary/aromatic N) is 6. The van der Waals surface area contributed by atoms with E-state index in [9.17, 15) is 18.0 Å². The van der Waals surface area contributed by atoms with Gasteiger partial charge in [0.1, 0.15) is 18.2 Å². The summed E-state index contributed by atoms with van der Waals surface area (Å²) in [6, 6.07) is 9.88. The molecule has 0 spiro atoms. The number of alkyl halides is 3. The van der Waals surface area contributed by atoms with Crippen LogP contribution in [0.3, 0.4) is 0 Å². The third kappa shape index (κ3) is 5.45. The van der Waals surface area contributed by atoms with Crippen molar-refractivity contribution in [3.8, 4) is 10.4 Å². The van der Waals surface area contributed by atoms with E-state index in [1.54, 1.807) is 38.5 Å². The molecule has 230 valence electrons. The van der Waals surface area contributed by atoms with E-state index in [0.29, 0.717) is 52.8 Å². The van der Waals surface area contributed by atoms with E-state index in [4.69, 9.17) is 4.74 Å². The molecule has 0 fully saturated rings. The van der Waals surface area contributed by atoms with Crippen molar-refractivity contribution in [1.29, 1.82) is 0 Å². The molecule has 8 nitrogen and oxygen atoms in total. The van der Waals surface area contributed by atoms with Gasteiger partial charge in [0.25, 0.3) is 5.91 Å². The lowest BCUT2D eigenvalue weighted by atomic mass is 9.97. The normalized spacial score (nSPS) is 15.5. The van der Waals surface area contributed by atoms with Crippen LogP contribution in [0.25, 0.3) is 21.5 Å². The molecule has 0 aliphatic carbocycles. The number of aromatic nitrogens is 5. The molecule has 6 rings (SSSR count). The highest BCUT2D eigenvalue weighted by molar-refractivity contribution is 7.15. The van der Waals surface area contributed by atoms with Crippen molar-refractivity contribution in [2.75, 3.05) is 11.5 Å². The van der Waals surface area contributed by atoms with Gasteiger partial charge < -0.3 is 9.30 Å². The van der Waals surface area contributed by atoms with Crippen LogP contribution in [-0.4, -0.2) is 44.9 Å². The Morgan fingerprint density at radius 1 is 1.09 bits per heavy atom. The number of aryl methyl sites for hydroxylation is 2. The number of thiazole rings is 1. The van der Waals surface area contributed by atoms with Gasteiger partial charge in [-0.05, 0) is 42.8 Å². The molecule has 0 saturated carbocycles. The van der Waals surface area contributed by atoms with Crippen molar-refractivity contribution in [2.24, 2.45) is 7.05 Å². The monoisotopic (exact) mass is 642 g/mol. The first kappa shape index (κ1) is 30.2. The number of ether oxygens (including phenoxy) is 1. The standard InChI is InChI=1S/C30H30F4N6O2SSi/c1-17-25-26(20-8-6-18(12-21(20)31)24-14-35-29(43-24)30(32,33)34)40(28(41)27(25)38(2)37-17)19-7-9-23-22(13-19)36-15-39(23)16-42-10-11-44(3,4)5/h6-9,12-15,26H,10-11,16H2,1-5H3. The quantitative estimate of drug-likeness (QED) is 0.100. The lowest BCUT2D eigenvalue weighted by Gasteiger charge is -2.27. The van der Waals surface area contributed by atoms with Gasteiger partial charge in [0.2, 0.25) is 0 Å². The summed E-state index contributed by atoms with van der Waals surface area (Å²) in [5, 5.41) is 3.41. The molecule has 0 N–H and O–H groups in total. The molecular formula is C30H30F4N6O2SSi. The fourth-order valence-corrected chi connectivity index (χ4v) is 7.00. The lowest BCUT2D eigenvalue weighted by Crippen LogP contribution is -2.30. The SMILES string of the molecule is Cc1nn(C)c2c1C(c1ccc(-c3cnc(C(F)(F)F)s3)cc1F)N(c1ccc3c(c1)ncn3COCC[Si](C)(C)C)C2=O. The Hall–Kier alpha value is -3.88. The topological polar surface area (TPSA) is 78.1 Å². The molecule has 3 aromatic heterocycles. The van der Waals surface area contributed by atoms with Crippen LogP contribution in [0.15, 0.2) is 48.9 Å². The Morgan fingerprint density at radius 2 is 1.86 bits per heavy atom. The van der Waals surface area contributed by atoms with Crippen molar-refractivity contribution >= 4 is 42.0 Å². The zero-order chi connectivity index (χ0) is 31.6. The average molecular weight is 643 g/mol. The number of amides is 1. The van der Waals surface area contributed by atoms with Crippen LogP contribution >= 0.6 is 11.3 Å². The van der Waals surface area contributed by atoms with E-state index in [0.717, 1.165) is 17.8 Å². The van der Waals surface area contributed by atoms with E-state index in [2.05, 4.69) is 34.7 Å². The Labute approximate surface area is 255 Å². The summed E-state index contributed by atoms with van der Waals surface area (Å²) in [5.41, 5.74) is 3.95. The van der Waals surface area contributed by atoms with Crippen molar-refractivity contribution in [3.63, 3.8) is 0 Å². The molecule has 1 unspecified atom stereocenters. The molecule has 44 heavy (non-hydrogen) atoms. The molecule has 1 atom stereocenters. The van der Waals surface area contributed by atoms with Crippen molar-refractivity contribution < 1.29 is 27.1 Å². The van der Waals surface area contributed by atoms with E-state index < -0.39 is 31.1 Å². The molecule has 5 aromatic rings. The molecule has 0 radical (unpaired) electrons. The summed E-state index contributed by atoms with van der Waals surface area (Å²) in [6.45, 7) is 9.66. The molecule has 0 bridgehead atoms. The predicted octanol–water partition coefficient (Wildman–Crippen LogP) is 7.42. The number of carbonyl (C=O) groups excluding carboxylic acids is 1. The van der Waals surface area contributed by atoms with Crippen LogP contribution in [0, 0.1) is 12.7 Å². The highest BCUT2D eigenvalue weighted by Crippen LogP contribution is 2.45. The number of halogens is 4. The van der Waals surface area contributed by atoms with Crippen LogP contribution in [-0.2, 0) is 24.7 Å². The fourth-order valence-electron chi connectivity index (χ4n) is 5.46. The zero-order valence-corrected chi connectivity index (χ0v) is 26.6. The molecule has 1 aliphatic heterocycles. The Bertz CT molecular complexity index is 1890. The average Bonchev–Trinajstić information content (AvgIpc) is 3.70. The van der Waals surface area contributed by atoms with Gasteiger partial charge in [-0.25, -0.2) is 14.4 Å². The summed E-state index contributed by atoms with van der Waals surface area (Å²) in [5.74, 6) is -1.01. The summed E-state index contributed by atoms with van der Waals surface area (Å²) in [7, 11) is 0.445. The summed E-state index contributed by atoms with van der Waals surface area (Å²) in [6.07, 6.45) is -1.81. The highest BCUT2D eigenvalue weighted by Gasteiger charge is 2.44. The Balaban J connectivity index is 1.35. The fraction of sp³-hybridized carbons (Fsp3) is 0.333. The second-order valence-corrected chi connectivity index (χ2v) is 18.7. The van der Waals surface area contributed by atoms with Crippen molar-refractivity contribution in [2.45, 2.75) is 51.6 Å². The lowest BCUT2D eigenvalue weighted by molar-refractivity contribution is -0.137. The van der Waals surface area contributed by atoms with Gasteiger partial charge in [0.05, 0.1) is 34.0 Å². The van der Waals surface area contributed by atoms with Gasteiger partial charge in [-0.3, -0.25) is 14.4 Å². The van der Waals surface area contributed by atoms with Gasteiger partial charge in [-0.15, -0.1) is 11.3 Å². The van der Waals surface area contributed by atoms with Crippen LogP contribution < -0.4 is 4.90 Å². The van der Waals surface area contributed by atoms with Crippen molar-refractivity contribution in [3.05, 3.63) is 82.3 Å². The second kappa shape index (κ2) is 10.9. The van der Waals surface area contributed by atoms with Crippen LogP contribution in [0.5, 0.6) is 0 Å². The maximum absolute atomic E-state index is 15.9. The zero-order valence-electron chi connectivity index (χ0n) is 24.7. The van der Waals surface area contributed by atoms with Crippen LogP contribution in [0.4, 0.5) is 23.2 Å². The summed E-state index contributed by atoms with van der Waals surface area (Å²) >= 11 is 0.445. The minimum Gasteiger partial charge on any atom is -0.361 e. The molecule has 2 aromatic carbocycles. The maximum Gasteiger partial charge on any atom is 0.443 e. The Kier molecular flexibility index (Phi) is 7.49. The Morgan fingerprint density at radius 3 is 2.55 bits per heavy atom. The first-order valence-corrected chi connectivity index (χ1v) is 18.5. The number of rotatable bonds is 8. The number of imidazole rings is 1. The smallest absolute Gasteiger partial charge is 0.361 e. The molecule has 1 aliphatic rings. The van der Waals surface area contributed by atoms with Crippen LogP contribution in [0.1, 0.15) is 38.4 Å². The maximum atomic E-state index is 15.9. The number of carbonyl (C=O) groups is 1. The van der Waals surface area contributed by atoms with E-state index in [-0.39, 0.29) is 21.9 Å². The molecule has 14 heteroatoms. The van der Waals surface area contributed by atoms with Gasteiger partial charge in [-0.2, -0.15) is 18.3 Å². The highest BCUT2D eigenvalue weighted by atomic mass is 32.1. The third-order valence-corrected chi connectivity index (χ3v) is 10.5.